The van der Waals surface area contributed by atoms with E-state index >= 15 is 0 Å². The van der Waals surface area contributed by atoms with Gasteiger partial charge in [-0.1, -0.05) is 18.6 Å². The largest absolute Gasteiger partial charge is 0.351 e. The van der Waals surface area contributed by atoms with Crippen molar-refractivity contribution in [3.05, 3.63) is 29.7 Å². The minimum absolute atomic E-state index is 0.792. The van der Waals surface area contributed by atoms with Crippen LogP contribution in [0.2, 0.25) is 0 Å². The SMILES string of the molecule is CCNCc1cncc(N2CCC=C(C)C2)n1. The molecule has 1 aromatic heterocycles. The van der Waals surface area contributed by atoms with Crippen molar-refractivity contribution in [2.24, 2.45) is 0 Å². The molecule has 4 heteroatoms. The summed E-state index contributed by atoms with van der Waals surface area (Å²) in [6.07, 6.45) is 7.09. The van der Waals surface area contributed by atoms with Crippen LogP contribution in [0.15, 0.2) is 24.0 Å². The Hall–Kier alpha value is -1.42. The normalized spacial score (nSPS) is 15.9. The number of rotatable bonds is 4. The Labute approximate surface area is 103 Å². The van der Waals surface area contributed by atoms with Crippen molar-refractivity contribution in [2.45, 2.75) is 26.8 Å². The number of anilines is 1. The van der Waals surface area contributed by atoms with E-state index < -0.39 is 0 Å². The summed E-state index contributed by atoms with van der Waals surface area (Å²) in [5.74, 6) is 0.993. The van der Waals surface area contributed by atoms with Crippen LogP contribution in [0.1, 0.15) is 26.0 Å². The Morgan fingerprint density at radius 1 is 1.41 bits per heavy atom. The molecule has 2 heterocycles. The molecule has 92 valence electrons. The van der Waals surface area contributed by atoms with Gasteiger partial charge in [-0.3, -0.25) is 4.98 Å². The highest BCUT2D eigenvalue weighted by Gasteiger charge is 2.12. The molecule has 0 spiro atoms. The highest BCUT2D eigenvalue weighted by Crippen LogP contribution is 2.16. The van der Waals surface area contributed by atoms with E-state index in [9.17, 15) is 0 Å². The summed E-state index contributed by atoms with van der Waals surface area (Å²) in [5, 5.41) is 3.27. The smallest absolute Gasteiger partial charge is 0.147 e. The summed E-state index contributed by atoms with van der Waals surface area (Å²) in [5.41, 5.74) is 2.42. The van der Waals surface area contributed by atoms with Gasteiger partial charge in [0.2, 0.25) is 0 Å². The fourth-order valence-electron chi connectivity index (χ4n) is 1.99. The van der Waals surface area contributed by atoms with Crippen LogP contribution in [0.5, 0.6) is 0 Å². The predicted octanol–water partition coefficient (Wildman–Crippen LogP) is 1.74. The van der Waals surface area contributed by atoms with Gasteiger partial charge in [0, 0.05) is 25.8 Å². The van der Waals surface area contributed by atoms with Gasteiger partial charge in [-0.25, -0.2) is 4.98 Å². The summed E-state index contributed by atoms with van der Waals surface area (Å²) < 4.78 is 0. The zero-order valence-electron chi connectivity index (χ0n) is 10.6. The lowest BCUT2D eigenvalue weighted by Gasteiger charge is -2.27. The van der Waals surface area contributed by atoms with Crippen LogP contribution in [-0.4, -0.2) is 29.6 Å². The molecule has 2 rings (SSSR count). The first kappa shape index (κ1) is 12.0. The molecular weight excluding hydrogens is 212 g/mol. The van der Waals surface area contributed by atoms with E-state index in [0.717, 1.165) is 44.1 Å². The monoisotopic (exact) mass is 232 g/mol. The van der Waals surface area contributed by atoms with Gasteiger partial charge in [-0.2, -0.15) is 0 Å². The lowest BCUT2D eigenvalue weighted by Crippen LogP contribution is -2.30. The maximum Gasteiger partial charge on any atom is 0.147 e. The predicted molar refractivity (Wildman–Crippen MR) is 70.0 cm³/mol. The molecule has 4 nitrogen and oxygen atoms in total. The highest BCUT2D eigenvalue weighted by atomic mass is 15.2. The van der Waals surface area contributed by atoms with Crippen LogP contribution in [0.3, 0.4) is 0 Å². The molecule has 0 radical (unpaired) electrons. The number of nitrogens with zero attached hydrogens (tertiary/aromatic N) is 3. The molecule has 0 fully saturated rings. The number of hydrogen-bond acceptors (Lipinski definition) is 4. The summed E-state index contributed by atoms with van der Waals surface area (Å²) in [4.78, 5) is 11.2. The Balaban J connectivity index is 2.07. The van der Waals surface area contributed by atoms with Gasteiger partial charge in [-0.15, -0.1) is 0 Å². The second-order valence-electron chi connectivity index (χ2n) is 4.41. The Kier molecular flexibility index (Phi) is 4.09. The van der Waals surface area contributed by atoms with Crippen molar-refractivity contribution in [1.82, 2.24) is 15.3 Å². The number of aromatic nitrogens is 2. The zero-order chi connectivity index (χ0) is 12.1. The zero-order valence-corrected chi connectivity index (χ0v) is 10.6. The maximum atomic E-state index is 4.64. The topological polar surface area (TPSA) is 41.1 Å². The van der Waals surface area contributed by atoms with Gasteiger partial charge in [0.25, 0.3) is 0 Å². The van der Waals surface area contributed by atoms with Gasteiger partial charge in [0.1, 0.15) is 5.82 Å². The average molecular weight is 232 g/mol. The van der Waals surface area contributed by atoms with Gasteiger partial charge >= 0.3 is 0 Å². The minimum Gasteiger partial charge on any atom is -0.351 e. The molecule has 0 amide bonds. The standard InChI is InChI=1S/C13H20N4/c1-3-14-7-12-8-15-9-13(16-12)17-6-4-5-11(2)10-17/h5,8-9,14H,3-4,6-7,10H2,1-2H3. The van der Waals surface area contributed by atoms with Crippen LogP contribution >= 0.6 is 0 Å². The molecule has 17 heavy (non-hydrogen) atoms. The van der Waals surface area contributed by atoms with Gasteiger partial charge in [0.05, 0.1) is 11.9 Å². The van der Waals surface area contributed by atoms with E-state index in [2.05, 4.69) is 40.1 Å². The van der Waals surface area contributed by atoms with Crippen molar-refractivity contribution in [3.8, 4) is 0 Å². The molecule has 0 aromatic carbocycles. The summed E-state index contributed by atoms with van der Waals surface area (Å²) >= 11 is 0. The molecule has 0 aliphatic carbocycles. The molecule has 0 atom stereocenters. The molecule has 0 unspecified atom stereocenters. The van der Waals surface area contributed by atoms with Crippen LogP contribution in [0.4, 0.5) is 5.82 Å². The number of nitrogens with one attached hydrogen (secondary N) is 1. The van der Waals surface area contributed by atoms with Crippen LogP contribution in [-0.2, 0) is 6.54 Å². The summed E-state index contributed by atoms with van der Waals surface area (Å²) in [7, 11) is 0. The van der Waals surface area contributed by atoms with Crippen molar-refractivity contribution in [1.29, 1.82) is 0 Å². The fraction of sp³-hybridized carbons (Fsp3) is 0.538. The van der Waals surface area contributed by atoms with Crippen LogP contribution in [0.25, 0.3) is 0 Å². The molecule has 1 aliphatic heterocycles. The van der Waals surface area contributed by atoms with E-state index in [1.54, 1.807) is 0 Å². The molecule has 1 aromatic rings. The lowest BCUT2D eigenvalue weighted by molar-refractivity contribution is 0.700. The van der Waals surface area contributed by atoms with E-state index in [-0.39, 0.29) is 0 Å². The van der Waals surface area contributed by atoms with Crippen LogP contribution < -0.4 is 10.2 Å². The first-order valence-electron chi connectivity index (χ1n) is 6.22. The average Bonchev–Trinajstić information content (AvgIpc) is 2.37. The van der Waals surface area contributed by atoms with Gasteiger partial charge < -0.3 is 10.2 Å². The fourth-order valence-corrected chi connectivity index (χ4v) is 1.99. The third-order valence-electron chi connectivity index (χ3n) is 2.88. The third kappa shape index (κ3) is 3.27. The molecule has 0 saturated carbocycles. The first-order valence-corrected chi connectivity index (χ1v) is 6.22. The van der Waals surface area contributed by atoms with Gasteiger partial charge in [0.15, 0.2) is 0 Å². The van der Waals surface area contributed by atoms with Crippen molar-refractivity contribution in [2.75, 3.05) is 24.5 Å². The Morgan fingerprint density at radius 2 is 2.29 bits per heavy atom. The maximum absolute atomic E-state index is 4.64. The second kappa shape index (κ2) is 5.77. The van der Waals surface area contributed by atoms with Crippen molar-refractivity contribution in [3.63, 3.8) is 0 Å². The molecular formula is C13H20N4. The first-order chi connectivity index (χ1) is 8.29. The third-order valence-corrected chi connectivity index (χ3v) is 2.88. The Morgan fingerprint density at radius 3 is 3.06 bits per heavy atom. The molecule has 1 N–H and O–H groups in total. The van der Waals surface area contributed by atoms with Crippen LogP contribution in [0, 0.1) is 0 Å². The number of hydrogen-bond donors (Lipinski definition) is 1. The lowest BCUT2D eigenvalue weighted by atomic mass is 10.1. The highest BCUT2D eigenvalue weighted by molar-refractivity contribution is 5.40. The summed E-state index contributed by atoms with van der Waals surface area (Å²) in [6, 6.07) is 0. The van der Waals surface area contributed by atoms with E-state index in [4.69, 9.17) is 0 Å². The van der Waals surface area contributed by atoms with Crippen molar-refractivity contribution >= 4 is 5.82 Å². The summed E-state index contributed by atoms with van der Waals surface area (Å²) in [6.45, 7) is 8.02. The van der Waals surface area contributed by atoms with E-state index in [1.165, 1.54) is 5.57 Å². The molecule has 1 aliphatic rings. The Bertz CT molecular complexity index is 400. The van der Waals surface area contributed by atoms with E-state index in [0.29, 0.717) is 0 Å². The van der Waals surface area contributed by atoms with Gasteiger partial charge in [-0.05, 0) is 19.9 Å². The van der Waals surface area contributed by atoms with E-state index in [1.807, 2.05) is 12.4 Å². The molecule has 0 saturated heterocycles. The van der Waals surface area contributed by atoms with Crippen molar-refractivity contribution < 1.29 is 0 Å². The quantitative estimate of drug-likeness (QED) is 0.803. The minimum atomic E-state index is 0.792. The second-order valence-corrected chi connectivity index (χ2v) is 4.41. The molecule has 0 bridgehead atoms.